The van der Waals surface area contributed by atoms with Crippen LogP contribution >= 0.6 is 0 Å². The third kappa shape index (κ3) is 4.38. The third-order valence-electron chi connectivity index (χ3n) is 6.27. The van der Waals surface area contributed by atoms with Crippen LogP contribution < -0.4 is 9.25 Å². The SMILES string of the molecule is Cc1ccc(S(=O)(=O)Oc2ccc(/C=C/[C@H]3[C@@H]4C(=O)N(C)C(=O)[C@@H]4ON3c3ccccc3)cc2)cc1. The lowest BCUT2D eigenvalue weighted by Gasteiger charge is -2.25. The van der Waals surface area contributed by atoms with Gasteiger partial charge in [0, 0.05) is 7.05 Å². The molecule has 0 spiro atoms. The molecule has 2 saturated heterocycles. The van der Waals surface area contributed by atoms with Crippen molar-refractivity contribution in [2.45, 2.75) is 24.0 Å². The fourth-order valence-corrected chi connectivity index (χ4v) is 5.24. The maximum atomic E-state index is 12.8. The van der Waals surface area contributed by atoms with Crippen molar-refractivity contribution in [1.29, 1.82) is 0 Å². The molecule has 2 fully saturated rings. The van der Waals surface area contributed by atoms with Gasteiger partial charge < -0.3 is 4.18 Å². The normalized spacial score (nSPS) is 21.9. The summed E-state index contributed by atoms with van der Waals surface area (Å²) in [4.78, 5) is 32.5. The number of benzene rings is 3. The number of likely N-dealkylation sites (tertiary alicyclic amines) is 1. The first-order chi connectivity index (χ1) is 17.2. The van der Waals surface area contributed by atoms with E-state index in [1.807, 2.05) is 43.3 Å². The minimum absolute atomic E-state index is 0.0783. The van der Waals surface area contributed by atoms with Gasteiger partial charge in [0.2, 0.25) is 5.91 Å². The van der Waals surface area contributed by atoms with E-state index in [4.69, 9.17) is 9.02 Å². The number of likely N-dealkylation sites (N-methyl/N-ethyl adjacent to an activating group) is 1. The zero-order valence-corrected chi connectivity index (χ0v) is 20.5. The van der Waals surface area contributed by atoms with E-state index in [1.54, 1.807) is 47.5 Å². The minimum atomic E-state index is -3.95. The number of fused-ring (bicyclic) bond motifs is 1. The number of carbonyl (C=O) groups excluding carboxylic acids is 2. The van der Waals surface area contributed by atoms with Crippen molar-refractivity contribution in [2.75, 3.05) is 12.1 Å². The second-order valence-electron chi connectivity index (χ2n) is 8.72. The van der Waals surface area contributed by atoms with Gasteiger partial charge in [-0.2, -0.15) is 8.42 Å². The Hall–Kier alpha value is -3.95. The molecule has 36 heavy (non-hydrogen) atoms. The third-order valence-corrected chi connectivity index (χ3v) is 7.54. The summed E-state index contributed by atoms with van der Waals surface area (Å²) in [6.07, 6.45) is 2.75. The Kier molecular flexibility index (Phi) is 6.11. The monoisotopic (exact) mass is 504 g/mol. The molecule has 3 atom stereocenters. The van der Waals surface area contributed by atoms with E-state index in [2.05, 4.69) is 0 Å². The molecule has 2 aliphatic heterocycles. The van der Waals surface area contributed by atoms with Crippen LogP contribution in [0.25, 0.3) is 6.08 Å². The molecule has 0 saturated carbocycles. The number of hydrogen-bond donors (Lipinski definition) is 0. The van der Waals surface area contributed by atoms with Crippen LogP contribution in [0.2, 0.25) is 0 Å². The van der Waals surface area contributed by atoms with Gasteiger partial charge in [-0.25, -0.2) is 5.06 Å². The van der Waals surface area contributed by atoms with E-state index in [-0.39, 0.29) is 22.5 Å². The molecule has 5 rings (SSSR count). The Balaban J connectivity index is 1.36. The summed E-state index contributed by atoms with van der Waals surface area (Å²) >= 11 is 0. The molecule has 2 amide bonds. The second kappa shape index (κ2) is 9.25. The van der Waals surface area contributed by atoms with Crippen LogP contribution in [0.15, 0.2) is 89.8 Å². The molecule has 0 N–H and O–H groups in total. The highest BCUT2D eigenvalue weighted by Gasteiger charge is 2.57. The number of hydroxylamine groups is 1. The summed E-state index contributed by atoms with van der Waals surface area (Å²) in [5.41, 5.74) is 2.44. The Labute approximate surface area is 209 Å². The molecule has 3 aromatic rings. The summed E-state index contributed by atoms with van der Waals surface area (Å²) in [7, 11) is -2.49. The largest absolute Gasteiger partial charge is 0.379 e. The lowest BCUT2D eigenvalue weighted by Crippen LogP contribution is -2.37. The topological polar surface area (TPSA) is 93.2 Å². The summed E-state index contributed by atoms with van der Waals surface area (Å²) in [6.45, 7) is 1.87. The van der Waals surface area contributed by atoms with Gasteiger partial charge in [0.05, 0.1) is 11.7 Å². The second-order valence-corrected chi connectivity index (χ2v) is 10.3. The van der Waals surface area contributed by atoms with Gasteiger partial charge in [-0.1, -0.05) is 60.2 Å². The van der Waals surface area contributed by atoms with Crippen molar-refractivity contribution in [1.82, 2.24) is 4.90 Å². The fraction of sp³-hybridized carbons (Fsp3) is 0.185. The Bertz CT molecular complexity index is 1420. The van der Waals surface area contributed by atoms with E-state index in [0.717, 1.165) is 21.7 Å². The van der Waals surface area contributed by atoms with Gasteiger partial charge in [-0.15, -0.1) is 0 Å². The van der Waals surface area contributed by atoms with Crippen LogP contribution in [0.5, 0.6) is 5.75 Å². The number of anilines is 1. The number of nitrogens with zero attached hydrogens (tertiary/aromatic N) is 2. The zero-order chi connectivity index (χ0) is 25.4. The van der Waals surface area contributed by atoms with Gasteiger partial charge in [0.1, 0.15) is 16.6 Å². The van der Waals surface area contributed by atoms with Crippen LogP contribution in [0.4, 0.5) is 5.69 Å². The molecule has 2 heterocycles. The number of amides is 2. The molecule has 3 aromatic carbocycles. The highest BCUT2D eigenvalue weighted by molar-refractivity contribution is 7.87. The Morgan fingerprint density at radius 3 is 2.22 bits per heavy atom. The number of hydrogen-bond acceptors (Lipinski definition) is 7. The number of rotatable bonds is 6. The molecule has 9 heteroatoms. The van der Waals surface area contributed by atoms with Crippen LogP contribution in [0, 0.1) is 12.8 Å². The summed E-state index contributed by atoms with van der Waals surface area (Å²) < 4.78 is 30.3. The highest BCUT2D eigenvalue weighted by atomic mass is 32.2. The summed E-state index contributed by atoms with van der Waals surface area (Å²) in [6, 6.07) is 21.7. The Morgan fingerprint density at radius 1 is 0.889 bits per heavy atom. The molecule has 0 radical (unpaired) electrons. The average Bonchev–Trinajstić information content (AvgIpc) is 3.35. The smallest absolute Gasteiger partial charge is 0.339 e. The zero-order valence-electron chi connectivity index (χ0n) is 19.6. The van der Waals surface area contributed by atoms with E-state index in [1.165, 1.54) is 19.2 Å². The van der Waals surface area contributed by atoms with E-state index in [0.29, 0.717) is 0 Å². The van der Waals surface area contributed by atoms with Crippen molar-refractivity contribution in [3.63, 3.8) is 0 Å². The predicted molar refractivity (Wildman–Crippen MR) is 133 cm³/mol. The minimum Gasteiger partial charge on any atom is -0.379 e. The molecule has 0 bridgehead atoms. The number of para-hydroxylation sites is 1. The summed E-state index contributed by atoms with van der Waals surface area (Å²) in [5.74, 6) is -1.14. The fourth-order valence-electron chi connectivity index (χ4n) is 4.31. The van der Waals surface area contributed by atoms with Crippen molar-refractivity contribution in [3.8, 4) is 5.75 Å². The van der Waals surface area contributed by atoms with Gasteiger partial charge >= 0.3 is 10.1 Å². The molecule has 8 nitrogen and oxygen atoms in total. The van der Waals surface area contributed by atoms with E-state index >= 15 is 0 Å². The van der Waals surface area contributed by atoms with Gasteiger partial charge in [-0.3, -0.25) is 19.3 Å². The standard InChI is InChI=1S/C27H24N2O6S/c1-18-8-15-22(16-9-18)36(32,33)35-21-13-10-19(11-14-21)12-17-23-24-25(27(31)28(2)26(24)30)34-29(23)20-6-4-3-5-7-20/h3-17,23-25H,1-2H3/b17-12+/t23-,24-,25+/m0/s1. The first kappa shape index (κ1) is 23.8. The number of aryl methyl sites for hydroxylation is 1. The van der Waals surface area contributed by atoms with Gasteiger partial charge in [-0.05, 0) is 48.9 Å². The number of carbonyl (C=O) groups is 2. The molecule has 0 unspecified atom stereocenters. The summed E-state index contributed by atoms with van der Waals surface area (Å²) in [5, 5.41) is 1.60. The van der Waals surface area contributed by atoms with Crippen molar-refractivity contribution < 1.29 is 27.0 Å². The Morgan fingerprint density at radius 2 is 1.56 bits per heavy atom. The number of imide groups is 1. The van der Waals surface area contributed by atoms with Crippen molar-refractivity contribution >= 4 is 33.7 Å². The van der Waals surface area contributed by atoms with Crippen LogP contribution in [-0.2, 0) is 24.5 Å². The van der Waals surface area contributed by atoms with E-state index < -0.39 is 28.2 Å². The van der Waals surface area contributed by atoms with Gasteiger partial charge in [0.25, 0.3) is 5.91 Å². The average molecular weight is 505 g/mol. The lowest BCUT2D eigenvalue weighted by atomic mass is 9.95. The molecule has 0 aromatic heterocycles. The molecular formula is C27H24N2O6S. The van der Waals surface area contributed by atoms with Crippen molar-refractivity contribution in [3.05, 3.63) is 96.1 Å². The maximum Gasteiger partial charge on any atom is 0.339 e. The molecular weight excluding hydrogens is 480 g/mol. The highest BCUT2D eigenvalue weighted by Crippen LogP contribution is 2.39. The van der Waals surface area contributed by atoms with Crippen molar-refractivity contribution in [2.24, 2.45) is 5.92 Å². The lowest BCUT2D eigenvalue weighted by molar-refractivity contribution is -0.141. The first-order valence-electron chi connectivity index (χ1n) is 11.4. The van der Waals surface area contributed by atoms with Crippen LogP contribution in [-0.4, -0.2) is 44.3 Å². The first-order valence-corrected chi connectivity index (χ1v) is 12.8. The molecule has 184 valence electrons. The van der Waals surface area contributed by atoms with Crippen LogP contribution in [0.3, 0.4) is 0 Å². The van der Waals surface area contributed by atoms with E-state index in [9.17, 15) is 18.0 Å². The predicted octanol–water partition coefficient (Wildman–Crippen LogP) is 3.58. The quantitative estimate of drug-likeness (QED) is 0.374. The molecule has 2 aliphatic rings. The maximum absolute atomic E-state index is 12.8. The van der Waals surface area contributed by atoms with Crippen LogP contribution in [0.1, 0.15) is 11.1 Å². The molecule has 0 aliphatic carbocycles. The van der Waals surface area contributed by atoms with Gasteiger partial charge in [0.15, 0.2) is 6.10 Å².